The number of allylic oxidation sites excluding steroid dienone is 1. The van der Waals surface area contributed by atoms with Crippen LogP contribution < -0.4 is 5.32 Å². The highest BCUT2D eigenvalue weighted by Crippen LogP contribution is 2.14. The van der Waals surface area contributed by atoms with Gasteiger partial charge in [0.1, 0.15) is 0 Å². The van der Waals surface area contributed by atoms with Gasteiger partial charge in [0.2, 0.25) is 5.91 Å². The number of carbonyl (C=O) groups excluding carboxylic acids is 1. The number of hydrogen-bond donors (Lipinski definition) is 3. The van der Waals surface area contributed by atoms with Crippen molar-refractivity contribution in [3.05, 3.63) is 12.2 Å². The SMILES string of the molecule is Br.CCCCCCCCCCCCC/C=C/[C@@H](O)[C@H](CO)NC(=O)CCCCCCCCCCCCCCC. The van der Waals surface area contributed by atoms with Crippen LogP contribution in [0, 0.1) is 0 Å². The molecule has 4 nitrogen and oxygen atoms in total. The lowest BCUT2D eigenvalue weighted by molar-refractivity contribution is -0.123. The average Bonchev–Trinajstić information content (AvgIpc) is 2.92. The first-order valence-corrected chi connectivity index (χ1v) is 16.9. The minimum absolute atomic E-state index is 0. The maximum Gasteiger partial charge on any atom is 0.220 e. The number of hydrogen-bond acceptors (Lipinski definition) is 3. The van der Waals surface area contributed by atoms with Gasteiger partial charge in [-0.2, -0.15) is 0 Å². The molecule has 0 rings (SSSR count). The Morgan fingerprint density at radius 3 is 1.36 bits per heavy atom. The predicted molar refractivity (Wildman–Crippen MR) is 176 cm³/mol. The van der Waals surface area contributed by atoms with Crippen molar-refractivity contribution in [1.29, 1.82) is 0 Å². The van der Waals surface area contributed by atoms with Gasteiger partial charge in [0, 0.05) is 6.42 Å². The molecule has 3 N–H and O–H groups in total. The van der Waals surface area contributed by atoms with Crippen LogP contribution in [0.3, 0.4) is 0 Å². The van der Waals surface area contributed by atoms with Crippen molar-refractivity contribution in [3.8, 4) is 0 Å². The molecule has 5 heteroatoms. The second kappa shape index (κ2) is 33.8. The van der Waals surface area contributed by atoms with Gasteiger partial charge in [-0.1, -0.05) is 167 Å². The summed E-state index contributed by atoms with van der Waals surface area (Å²) >= 11 is 0. The van der Waals surface area contributed by atoms with Crippen LogP contribution in [0.1, 0.15) is 181 Å². The van der Waals surface area contributed by atoms with Crippen molar-refractivity contribution >= 4 is 22.9 Å². The number of nitrogens with one attached hydrogen (secondary N) is 1. The molecule has 234 valence electrons. The Hall–Kier alpha value is -0.390. The fourth-order valence-corrected chi connectivity index (χ4v) is 5.12. The third kappa shape index (κ3) is 30.4. The number of unbranched alkanes of at least 4 members (excludes halogenated alkanes) is 23. The van der Waals surface area contributed by atoms with E-state index >= 15 is 0 Å². The van der Waals surface area contributed by atoms with Gasteiger partial charge in [0.05, 0.1) is 18.8 Å². The molecule has 0 heterocycles. The lowest BCUT2D eigenvalue weighted by Crippen LogP contribution is -2.45. The van der Waals surface area contributed by atoms with Crippen molar-refractivity contribution in [2.24, 2.45) is 0 Å². The molecule has 39 heavy (non-hydrogen) atoms. The predicted octanol–water partition coefficient (Wildman–Crippen LogP) is 10.1. The fraction of sp³-hybridized carbons (Fsp3) is 0.912. The molecule has 0 saturated heterocycles. The van der Waals surface area contributed by atoms with Gasteiger partial charge >= 0.3 is 0 Å². The molecule has 2 atom stereocenters. The highest BCUT2D eigenvalue weighted by Gasteiger charge is 2.17. The van der Waals surface area contributed by atoms with E-state index in [1.807, 2.05) is 6.08 Å². The maximum absolute atomic E-state index is 12.2. The standard InChI is InChI=1S/C34H67NO3.BrH/c1-3-5-7-9-11-13-15-17-19-21-23-25-27-29-33(37)32(31-36)35-34(38)30-28-26-24-22-20-18-16-14-12-10-8-6-4-2;/h27,29,32-33,36-37H,3-26,28,30-31H2,1-2H3,(H,35,38);1H/b29-27+;/t32-,33+;/m0./s1. The minimum atomic E-state index is -0.830. The summed E-state index contributed by atoms with van der Waals surface area (Å²) in [5.41, 5.74) is 0. The zero-order valence-corrected chi connectivity index (χ0v) is 27.8. The molecule has 0 radical (unpaired) electrons. The maximum atomic E-state index is 12.2. The third-order valence-electron chi connectivity index (χ3n) is 7.77. The molecule has 0 aliphatic heterocycles. The van der Waals surface area contributed by atoms with Crippen molar-refractivity contribution < 1.29 is 15.0 Å². The lowest BCUT2D eigenvalue weighted by Gasteiger charge is -2.20. The molecule has 0 spiro atoms. The summed E-state index contributed by atoms with van der Waals surface area (Å²) in [6.45, 7) is 4.29. The van der Waals surface area contributed by atoms with Crippen LogP contribution >= 0.6 is 17.0 Å². The van der Waals surface area contributed by atoms with Crippen molar-refractivity contribution in [2.75, 3.05) is 6.61 Å². The second-order valence-electron chi connectivity index (χ2n) is 11.6. The van der Waals surface area contributed by atoms with Gasteiger partial charge in [-0.3, -0.25) is 4.79 Å². The van der Waals surface area contributed by atoms with Gasteiger partial charge in [0.25, 0.3) is 0 Å². The summed E-state index contributed by atoms with van der Waals surface area (Å²) in [4.78, 5) is 12.2. The first kappa shape index (κ1) is 40.7. The van der Waals surface area contributed by atoms with E-state index in [0.717, 1.165) is 25.7 Å². The molecule has 0 bridgehead atoms. The lowest BCUT2D eigenvalue weighted by atomic mass is 10.0. The van der Waals surface area contributed by atoms with Gasteiger partial charge in [-0.15, -0.1) is 17.0 Å². The van der Waals surface area contributed by atoms with Crippen molar-refractivity contribution in [1.82, 2.24) is 5.32 Å². The Kier molecular flexibility index (Phi) is 35.3. The minimum Gasteiger partial charge on any atom is -0.394 e. The summed E-state index contributed by atoms with van der Waals surface area (Å²) in [5, 5.41) is 22.8. The Bertz CT molecular complexity index is 515. The topological polar surface area (TPSA) is 69.6 Å². The zero-order valence-electron chi connectivity index (χ0n) is 26.1. The van der Waals surface area contributed by atoms with Crippen LogP contribution in [0.4, 0.5) is 0 Å². The normalized spacial score (nSPS) is 12.9. The van der Waals surface area contributed by atoms with E-state index < -0.39 is 12.1 Å². The van der Waals surface area contributed by atoms with E-state index in [4.69, 9.17) is 0 Å². The molecule has 0 unspecified atom stereocenters. The molecule has 0 aromatic carbocycles. The molecule has 0 saturated carbocycles. The molecule has 0 aromatic heterocycles. The number of halogens is 1. The molecule has 0 aliphatic rings. The van der Waals surface area contributed by atoms with Crippen LogP contribution in [0.15, 0.2) is 12.2 Å². The highest BCUT2D eigenvalue weighted by atomic mass is 79.9. The van der Waals surface area contributed by atoms with E-state index in [-0.39, 0.29) is 29.5 Å². The first-order valence-electron chi connectivity index (χ1n) is 16.9. The molecule has 0 fully saturated rings. The van der Waals surface area contributed by atoms with E-state index in [0.29, 0.717) is 6.42 Å². The molecule has 1 amide bonds. The Labute approximate surface area is 254 Å². The Morgan fingerprint density at radius 2 is 0.974 bits per heavy atom. The van der Waals surface area contributed by atoms with E-state index in [1.54, 1.807) is 6.08 Å². The van der Waals surface area contributed by atoms with Crippen LogP contribution in [0.2, 0.25) is 0 Å². The highest BCUT2D eigenvalue weighted by molar-refractivity contribution is 8.93. The fourth-order valence-electron chi connectivity index (χ4n) is 5.12. The van der Waals surface area contributed by atoms with Crippen molar-refractivity contribution in [3.63, 3.8) is 0 Å². The number of carbonyl (C=O) groups is 1. The smallest absolute Gasteiger partial charge is 0.220 e. The summed E-state index contributed by atoms with van der Waals surface area (Å²) in [5.74, 6) is -0.0649. The summed E-state index contributed by atoms with van der Waals surface area (Å²) in [6.07, 6.45) is 35.7. The quantitative estimate of drug-likeness (QED) is 0.0554. The number of rotatable bonds is 30. The summed E-state index contributed by atoms with van der Waals surface area (Å²) < 4.78 is 0. The molecular weight excluding hydrogens is 550 g/mol. The van der Waals surface area contributed by atoms with Crippen LogP contribution in [0.25, 0.3) is 0 Å². The third-order valence-corrected chi connectivity index (χ3v) is 7.77. The second-order valence-corrected chi connectivity index (χ2v) is 11.6. The average molecular weight is 619 g/mol. The number of amides is 1. The molecular formula is C34H68BrNO3. The summed E-state index contributed by atoms with van der Waals surface area (Å²) in [7, 11) is 0. The molecule has 0 aliphatic carbocycles. The monoisotopic (exact) mass is 617 g/mol. The number of aliphatic hydroxyl groups is 2. The molecule has 0 aromatic rings. The van der Waals surface area contributed by atoms with E-state index in [1.165, 1.54) is 135 Å². The van der Waals surface area contributed by atoms with E-state index in [2.05, 4.69) is 19.2 Å². The Balaban J connectivity index is 0. The summed E-state index contributed by atoms with van der Waals surface area (Å²) in [6, 6.07) is -0.613. The van der Waals surface area contributed by atoms with Crippen molar-refractivity contribution in [2.45, 2.75) is 193 Å². The van der Waals surface area contributed by atoms with Gasteiger partial charge in [-0.25, -0.2) is 0 Å². The van der Waals surface area contributed by atoms with Crippen LogP contribution in [0.5, 0.6) is 0 Å². The van der Waals surface area contributed by atoms with Gasteiger partial charge in [-0.05, 0) is 19.3 Å². The van der Waals surface area contributed by atoms with Crippen LogP contribution in [-0.2, 0) is 4.79 Å². The van der Waals surface area contributed by atoms with Gasteiger partial charge in [0.15, 0.2) is 0 Å². The van der Waals surface area contributed by atoms with E-state index in [9.17, 15) is 15.0 Å². The van der Waals surface area contributed by atoms with Gasteiger partial charge < -0.3 is 15.5 Å². The van der Waals surface area contributed by atoms with Crippen LogP contribution in [-0.4, -0.2) is 34.9 Å². The number of aliphatic hydroxyl groups excluding tert-OH is 2. The first-order chi connectivity index (χ1) is 18.7. The largest absolute Gasteiger partial charge is 0.394 e. The zero-order chi connectivity index (χ0) is 27.9. The Morgan fingerprint density at radius 1 is 0.615 bits per heavy atom.